The van der Waals surface area contributed by atoms with Crippen molar-refractivity contribution in [2.75, 3.05) is 25.9 Å². The summed E-state index contributed by atoms with van der Waals surface area (Å²) in [4.78, 5) is 9.92. The third-order valence-corrected chi connectivity index (χ3v) is 6.09. The second-order valence-corrected chi connectivity index (χ2v) is 9.09. The number of aromatic nitrogens is 2. The van der Waals surface area contributed by atoms with Gasteiger partial charge >= 0.3 is 0 Å². The van der Waals surface area contributed by atoms with Crippen molar-refractivity contribution >= 4 is 10.0 Å². The summed E-state index contributed by atoms with van der Waals surface area (Å²) in [5.41, 5.74) is 5.06. The summed E-state index contributed by atoms with van der Waals surface area (Å²) in [6.07, 6.45) is 6.55. The van der Waals surface area contributed by atoms with Gasteiger partial charge in [-0.25, -0.2) is 18.1 Å². The lowest BCUT2D eigenvalue weighted by atomic mass is 9.89. The Balaban J connectivity index is 1.73. The summed E-state index contributed by atoms with van der Waals surface area (Å²) in [5.74, 6) is 0.233. The van der Waals surface area contributed by atoms with Gasteiger partial charge in [-0.3, -0.25) is 0 Å². The molecule has 2 N–H and O–H groups in total. The van der Waals surface area contributed by atoms with Crippen LogP contribution in [0.1, 0.15) is 41.1 Å². The normalized spacial score (nSPS) is 18.1. The molecule has 1 aromatic heterocycles. The Hall–Kier alpha value is -1.70. The molecule has 1 aromatic carbocycles. The average molecular weight is 377 g/mol. The summed E-state index contributed by atoms with van der Waals surface area (Å²) in [6, 6.07) is 6.51. The summed E-state index contributed by atoms with van der Waals surface area (Å²) < 4.78 is 25.6. The molecule has 0 saturated carbocycles. The molecule has 0 bridgehead atoms. The minimum atomic E-state index is -3.13. The van der Waals surface area contributed by atoms with E-state index in [9.17, 15) is 8.42 Å². The van der Waals surface area contributed by atoms with Crippen molar-refractivity contribution in [2.24, 2.45) is 0 Å². The molecule has 1 aliphatic rings. The van der Waals surface area contributed by atoms with Crippen LogP contribution in [0.2, 0.25) is 0 Å². The molecule has 6 nitrogen and oxygen atoms in total. The molecule has 0 spiro atoms. The van der Waals surface area contributed by atoms with Gasteiger partial charge in [0, 0.05) is 30.4 Å². The standard InChI is InChI=1S/C19H28N4O2S/c1-14-5-4-6-17(15(14)2)18(19-11-20-13-21-19)12-23-9-7-16(8-10-23)22-26(3,24)25/h4-6,11,13,16,18,22H,7-10,12H2,1-3H3,(H,20,21). The van der Waals surface area contributed by atoms with E-state index in [2.05, 4.69) is 51.6 Å². The Morgan fingerprint density at radius 2 is 2.04 bits per heavy atom. The number of benzene rings is 1. The van der Waals surface area contributed by atoms with Gasteiger partial charge in [0.05, 0.1) is 12.6 Å². The predicted molar refractivity (Wildman–Crippen MR) is 104 cm³/mol. The van der Waals surface area contributed by atoms with E-state index < -0.39 is 10.0 Å². The van der Waals surface area contributed by atoms with Crippen molar-refractivity contribution in [3.63, 3.8) is 0 Å². The molecule has 1 saturated heterocycles. The van der Waals surface area contributed by atoms with Crippen molar-refractivity contribution in [3.05, 3.63) is 53.1 Å². The maximum Gasteiger partial charge on any atom is 0.208 e. The third-order valence-electron chi connectivity index (χ3n) is 5.33. The lowest BCUT2D eigenvalue weighted by molar-refractivity contribution is 0.201. The fourth-order valence-corrected chi connectivity index (χ4v) is 4.61. The van der Waals surface area contributed by atoms with Crippen molar-refractivity contribution in [1.29, 1.82) is 0 Å². The Morgan fingerprint density at radius 3 is 2.65 bits per heavy atom. The molecule has 1 fully saturated rings. The summed E-state index contributed by atoms with van der Waals surface area (Å²) in [5, 5.41) is 0. The quantitative estimate of drug-likeness (QED) is 0.810. The minimum absolute atomic E-state index is 0.0487. The van der Waals surface area contributed by atoms with E-state index >= 15 is 0 Å². The van der Waals surface area contributed by atoms with Gasteiger partial charge in [0.25, 0.3) is 0 Å². The van der Waals surface area contributed by atoms with Crippen molar-refractivity contribution in [3.8, 4) is 0 Å². The number of nitrogens with zero attached hydrogens (tertiary/aromatic N) is 2. The van der Waals surface area contributed by atoms with Crippen LogP contribution in [0.25, 0.3) is 0 Å². The Labute approximate surface area is 156 Å². The van der Waals surface area contributed by atoms with E-state index in [-0.39, 0.29) is 12.0 Å². The highest BCUT2D eigenvalue weighted by Gasteiger charge is 2.26. The first-order valence-corrected chi connectivity index (χ1v) is 11.0. The molecule has 2 aromatic rings. The van der Waals surface area contributed by atoms with Crippen LogP contribution in [0, 0.1) is 13.8 Å². The van der Waals surface area contributed by atoms with E-state index in [1.54, 1.807) is 6.33 Å². The van der Waals surface area contributed by atoms with Crippen LogP contribution >= 0.6 is 0 Å². The predicted octanol–water partition coefficient (Wildman–Crippen LogP) is 2.17. The molecule has 26 heavy (non-hydrogen) atoms. The topological polar surface area (TPSA) is 78.1 Å². The van der Waals surface area contributed by atoms with Gasteiger partial charge in [-0.15, -0.1) is 0 Å². The molecule has 0 aliphatic carbocycles. The number of hydrogen-bond donors (Lipinski definition) is 2. The maximum atomic E-state index is 11.4. The second kappa shape index (κ2) is 7.90. The molecule has 3 rings (SSSR count). The number of likely N-dealkylation sites (tertiary alicyclic amines) is 1. The molecular weight excluding hydrogens is 348 g/mol. The number of rotatable bonds is 6. The number of piperidine rings is 1. The van der Waals surface area contributed by atoms with Crippen molar-refractivity contribution in [2.45, 2.75) is 38.6 Å². The first kappa shape index (κ1) is 19.1. The van der Waals surface area contributed by atoms with Crippen LogP contribution in [0.4, 0.5) is 0 Å². The van der Waals surface area contributed by atoms with Gasteiger partial charge in [-0.1, -0.05) is 18.2 Å². The zero-order valence-electron chi connectivity index (χ0n) is 15.7. The van der Waals surface area contributed by atoms with Crippen LogP contribution < -0.4 is 4.72 Å². The molecule has 0 radical (unpaired) electrons. The van der Waals surface area contributed by atoms with Gasteiger partial charge in [0.2, 0.25) is 10.0 Å². The highest BCUT2D eigenvalue weighted by molar-refractivity contribution is 7.88. The summed E-state index contributed by atoms with van der Waals surface area (Å²) in [7, 11) is -3.13. The first-order chi connectivity index (χ1) is 12.3. The van der Waals surface area contributed by atoms with Crippen LogP contribution in [0.15, 0.2) is 30.7 Å². The zero-order chi connectivity index (χ0) is 18.7. The van der Waals surface area contributed by atoms with Crippen LogP contribution in [-0.4, -0.2) is 55.2 Å². The van der Waals surface area contributed by atoms with Gasteiger partial charge < -0.3 is 9.88 Å². The molecule has 142 valence electrons. The number of aryl methyl sites for hydroxylation is 1. The number of aromatic amines is 1. The van der Waals surface area contributed by atoms with Crippen LogP contribution in [0.3, 0.4) is 0 Å². The highest BCUT2D eigenvalue weighted by atomic mass is 32.2. The lowest BCUT2D eigenvalue weighted by Gasteiger charge is -2.34. The van der Waals surface area contributed by atoms with Gasteiger partial charge in [-0.2, -0.15) is 0 Å². The number of sulfonamides is 1. The van der Waals surface area contributed by atoms with Crippen molar-refractivity contribution in [1.82, 2.24) is 19.6 Å². The minimum Gasteiger partial charge on any atom is -0.348 e. The Morgan fingerprint density at radius 1 is 1.31 bits per heavy atom. The van der Waals surface area contributed by atoms with Gasteiger partial charge in [0.1, 0.15) is 0 Å². The van der Waals surface area contributed by atoms with Gasteiger partial charge in [-0.05, 0) is 56.5 Å². The van der Waals surface area contributed by atoms with Crippen molar-refractivity contribution < 1.29 is 8.42 Å². The average Bonchev–Trinajstić information content (AvgIpc) is 3.10. The SMILES string of the molecule is Cc1cccc(C(CN2CCC(NS(C)(=O)=O)CC2)c2cnc[nH]2)c1C. The van der Waals surface area contributed by atoms with E-state index in [0.717, 1.165) is 38.2 Å². The molecule has 1 unspecified atom stereocenters. The lowest BCUT2D eigenvalue weighted by Crippen LogP contribution is -2.45. The Kier molecular flexibility index (Phi) is 5.79. The number of imidazole rings is 1. The third kappa shape index (κ3) is 4.72. The van der Waals surface area contributed by atoms with Gasteiger partial charge in [0.15, 0.2) is 0 Å². The molecule has 7 heteroatoms. The highest BCUT2D eigenvalue weighted by Crippen LogP contribution is 2.29. The van der Waals surface area contributed by atoms with E-state index in [4.69, 9.17) is 0 Å². The molecular formula is C19H28N4O2S. The summed E-state index contributed by atoms with van der Waals surface area (Å²) >= 11 is 0. The van der Waals surface area contributed by atoms with E-state index in [0.29, 0.717) is 0 Å². The monoisotopic (exact) mass is 376 g/mol. The second-order valence-electron chi connectivity index (χ2n) is 7.31. The fraction of sp³-hybridized carbons (Fsp3) is 0.526. The molecule has 1 atom stereocenters. The van der Waals surface area contributed by atoms with Crippen LogP contribution in [-0.2, 0) is 10.0 Å². The first-order valence-electron chi connectivity index (χ1n) is 9.07. The maximum absolute atomic E-state index is 11.4. The van der Waals surface area contributed by atoms with E-state index in [1.165, 1.54) is 22.9 Å². The Bertz CT molecular complexity index is 825. The van der Waals surface area contributed by atoms with E-state index in [1.807, 2.05) is 6.20 Å². The fourth-order valence-electron chi connectivity index (χ4n) is 3.77. The zero-order valence-corrected chi connectivity index (χ0v) is 16.5. The summed E-state index contributed by atoms with van der Waals surface area (Å²) in [6.45, 7) is 7.00. The molecule has 0 amide bonds. The number of H-pyrrole nitrogens is 1. The number of nitrogens with one attached hydrogen (secondary N) is 2. The smallest absolute Gasteiger partial charge is 0.208 e. The molecule has 1 aliphatic heterocycles. The number of hydrogen-bond acceptors (Lipinski definition) is 4. The molecule has 2 heterocycles. The largest absolute Gasteiger partial charge is 0.348 e. The van der Waals surface area contributed by atoms with Crippen LogP contribution in [0.5, 0.6) is 0 Å².